The molecule has 3 aliphatic rings. The van der Waals surface area contributed by atoms with Crippen LogP contribution >= 0.6 is 0 Å². The molecule has 3 atom stereocenters. The number of ether oxygens (including phenoxy) is 1. The van der Waals surface area contributed by atoms with Crippen molar-refractivity contribution in [3.05, 3.63) is 41.1 Å². The van der Waals surface area contributed by atoms with Gasteiger partial charge in [0, 0.05) is 17.7 Å². The van der Waals surface area contributed by atoms with Crippen molar-refractivity contribution in [2.75, 3.05) is 6.61 Å². The van der Waals surface area contributed by atoms with E-state index in [1.54, 1.807) is 0 Å². The highest BCUT2D eigenvalue weighted by molar-refractivity contribution is 6.07. The second-order valence-corrected chi connectivity index (χ2v) is 7.19. The number of hydrogen-bond acceptors (Lipinski definition) is 3. The molecule has 5 rings (SSSR count). The van der Waals surface area contributed by atoms with Crippen molar-refractivity contribution in [1.82, 2.24) is 10.3 Å². The van der Waals surface area contributed by atoms with Crippen LogP contribution in [0.1, 0.15) is 47.3 Å². The number of carbonyl (C=O) groups is 1. The van der Waals surface area contributed by atoms with Gasteiger partial charge in [-0.05, 0) is 57.1 Å². The van der Waals surface area contributed by atoms with Crippen LogP contribution in [0.5, 0.6) is 0 Å². The molecule has 1 aromatic carbocycles. The Balaban J connectivity index is 1.67. The Hall–Kier alpha value is -1.94. The summed E-state index contributed by atoms with van der Waals surface area (Å²) < 4.78 is 5.97. The molecule has 2 saturated heterocycles. The first-order chi connectivity index (χ1) is 11.6. The van der Waals surface area contributed by atoms with E-state index in [0.717, 1.165) is 53.6 Å². The summed E-state index contributed by atoms with van der Waals surface area (Å²) in [5.41, 5.74) is 3.52. The van der Waals surface area contributed by atoms with Crippen molar-refractivity contribution in [2.24, 2.45) is 5.92 Å². The number of carbonyl (C=O) groups excluding carboxylic acids is 1. The SMILES string of the molecule is Cc1nc2ccccc2c(C(=O)NC2CCC3CCC2OC3)c1C. The minimum Gasteiger partial charge on any atom is -0.376 e. The maximum absolute atomic E-state index is 13.1. The lowest BCUT2D eigenvalue weighted by molar-refractivity contribution is -0.0142. The monoisotopic (exact) mass is 324 g/mol. The molecule has 4 heteroatoms. The molecule has 2 bridgehead atoms. The average molecular weight is 324 g/mol. The topological polar surface area (TPSA) is 51.2 Å². The second kappa shape index (κ2) is 6.17. The molecule has 4 nitrogen and oxygen atoms in total. The van der Waals surface area contributed by atoms with Crippen LogP contribution in [0.2, 0.25) is 0 Å². The van der Waals surface area contributed by atoms with Gasteiger partial charge in [-0.2, -0.15) is 0 Å². The molecule has 1 aromatic heterocycles. The van der Waals surface area contributed by atoms with Crippen LogP contribution in [0.3, 0.4) is 0 Å². The summed E-state index contributed by atoms with van der Waals surface area (Å²) in [5, 5.41) is 4.20. The standard InChI is InChI=1S/C20H24N2O2/c1-12-13(2)21-16-6-4-3-5-15(16)19(12)20(23)22-17-9-7-14-8-10-18(17)24-11-14/h3-6,14,17-18H,7-11H2,1-2H3,(H,22,23). The summed E-state index contributed by atoms with van der Waals surface area (Å²) >= 11 is 0. The number of benzene rings is 1. The van der Waals surface area contributed by atoms with Crippen LogP contribution in [0.15, 0.2) is 24.3 Å². The van der Waals surface area contributed by atoms with Gasteiger partial charge in [-0.25, -0.2) is 0 Å². The summed E-state index contributed by atoms with van der Waals surface area (Å²) in [6.45, 7) is 4.81. The van der Waals surface area contributed by atoms with E-state index in [4.69, 9.17) is 4.74 Å². The van der Waals surface area contributed by atoms with Crippen molar-refractivity contribution in [3.8, 4) is 0 Å². The van der Waals surface area contributed by atoms with E-state index >= 15 is 0 Å². The van der Waals surface area contributed by atoms with Gasteiger partial charge in [-0.3, -0.25) is 9.78 Å². The number of nitrogens with zero attached hydrogens (tertiary/aromatic N) is 1. The van der Waals surface area contributed by atoms with E-state index < -0.39 is 0 Å². The summed E-state index contributed by atoms with van der Waals surface area (Å²) in [4.78, 5) is 17.7. The fraction of sp³-hybridized carbons (Fsp3) is 0.500. The lowest BCUT2D eigenvalue weighted by Gasteiger charge is -2.29. The average Bonchev–Trinajstić information content (AvgIpc) is 2.89. The van der Waals surface area contributed by atoms with Crippen molar-refractivity contribution in [1.29, 1.82) is 0 Å². The van der Waals surface area contributed by atoms with Crippen molar-refractivity contribution < 1.29 is 9.53 Å². The van der Waals surface area contributed by atoms with Crippen LogP contribution in [-0.2, 0) is 4.74 Å². The Morgan fingerprint density at radius 1 is 1.17 bits per heavy atom. The molecule has 2 aliphatic heterocycles. The van der Waals surface area contributed by atoms with Crippen LogP contribution in [0.4, 0.5) is 0 Å². The van der Waals surface area contributed by atoms with Crippen LogP contribution in [-0.4, -0.2) is 29.6 Å². The molecule has 0 radical (unpaired) electrons. The van der Waals surface area contributed by atoms with Gasteiger partial charge in [0.15, 0.2) is 0 Å². The molecule has 1 saturated carbocycles. The number of aryl methyl sites for hydroxylation is 1. The molecule has 3 fully saturated rings. The van der Waals surface area contributed by atoms with Crippen molar-refractivity contribution in [3.63, 3.8) is 0 Å². The van der Waals surface area contributed by atoms with Crippen molar-refractivity contribution >= 4 is 16.8 Å². The summed E-state index contributed by atoms with van der Waals surface area (Å²) in [6.07, 6.45) is 4.62. The van der Waals surface area contributed by atoms with Gasteiger partial charge in [0.2, 0.25) is 0 Å². The maximum Gasteiger partial charge on any atom is 0.252 e. The Morgan fingerprint density at radius 3 is 2.75 bits per heavy atom. The van der Waals surface area contributed by atoms with Crippen molar-refractivity contribution in [2.45, 2.75) is 51.7 Å². The smallest absolute Gasteiger partial charge is 0.252 e. The molecular weight excluding hydrogens is 300 g/mol. The number of pyridine rings is 1. The molecule has 3 unspecified atom stereocenters. The first kappa shape index (κ1) is 15.6. The molecule has 1 N–H and O–H groups in total. The molecule has 126 valence electrons. The summed E-state index contributed by atoms with van der Waals surface area (Å²) in [6, 6.07) is 8.00. The molecule has 24 heavy (non-hydrogen) atoms. The molecule has 2 aromatic rings. The molecule has 3 heterocycles. The van der Waals surface area contributed by atoms with Gasteiger partial charge in [-0.15, -0.1) is 0 Å². The van der Waals surface area contributed by atoms with E-state index in [0.29, 0.717) is 5.92 Å². The zero-order chi connectivity index (χ0) is 16.7. The number of rotatable bonds is 2. The number of amides is 1. The van der Waals surface area contributed by atoms with E-state index in [1.807, 2.05) is 38.1 Å². The Kier molecular flexibility index (Phi) is 4.01. The van der Waals surface area contributed by atoms with Crippen LogP contribution in [0, 0.1) is 19.8 Å². The van der Waals surface area contributed by atoms with Gasteiger partial charge in [0.25, 0.3) is 5.91 Å². The van der Waals surface area contributed by atoms with E-state index in [1.165, 1.54) is 6.42 Å². The highest BCUT2D eigenvalue weighted by Crippen LogP contribution is 2.32. The second-order valence-electron chi connectivity index (χ2n) is 7.19. The Morgan fingerprint density at radius 2 is 1.96 bits per heavy atom. The lowest BCUT2D eigenvalue weighted by Crippen LogP contribution is -2.44. The lowest BCUT2D eigenvalue weighted by atomic mass is 9.99. The third-order valence-electron chi connectivity index (χ3n) is 5.66. The number of para-hydroxylation sites is 1. The largest absolute Gasteiger partial charge is 0.376 e. The maximum atomic E-state index is 13.1. The third-order valence-corrected chi connectivity index (χ3v) is 5.66. The fourth-order valence-corrected chi connectivity index (χ4v) is 4.10. The first-order valence-corrected chi connectivity index (χ1v) is 8.92. The molecule has 1 amide bonds. The van der Waals surface area contributed by atoms with Gasteiger partial charge in [-0.1, -0.05) is 18.2 Å². The quantitative estimate of drug-likeness (QED) is 0.919. The zero-order valence-electron chi connectivity index (χ0n) is 14.3. The van der Waals surface area contributed by atoms with Gasteiger partial charge >= 0.3 is 0 Å². The van der Waals surface area contributed by atoms with Gasteiger partial charge < -0.3 is 10.1 Å². The number of fused-ring (bicyclic) bond motifs is 5. The Bertz CT molecular complexity index is 779. The fourth-order valence-electron chi connectivity index (χ4n) is 4.10. The number of hydrogen-bond donors (Lipinski definition) is 1. The van der Waals surface area contributed by atoms with E-state index in [9.17, 15) is 4.79 Å². The predicted octanol–water partition coefficient (Wildman–Crippen LogP) is 3.54. The van der Waals surface area contributed by atoms with Gasteiger partial charge in [0.1, 0.15) is 0 Å². The van der Waals surface area contributed by atoms with Crippen LogP contribution < -0.4 is 5.32 Å². The zero-order valence-corrected chi connectivity index (χ0v) is 14.3. The first-order valence-electron chi connectivity index (χ1n) is 8.92. The predicted molar refractivity (Wildman–Crippen MR) is 94.2 cm³/mol. The molecular formula is C20H24N2O2. The highest BCUT2D eigenvalue weighted by atomic mass is 16.5. The van der Waals surface area contributed by atoms with E-state index in [2.05, 4.69) is 10.3 Å². The summed E-state index contributed by atoms with van der Waals surface area (Å²) in [7, 11) is 0. The van der Waals surface area contributed by atoms with E-state index in [-0.39, 0.29) is 18.1 Å². The minimum atomic E-state index is 0.00755. The highest BCUT2D eigenvalue weighted by Gasteiger charge is 2.34. The number of nitrogens with one attached hydrogen (secondary N) is 1. The minimum absolute atomic E-state index is 0.00755. The third kappa shape index (κ3) is 2.69. The molecule has 0 spiro atoms. The Labute approximate surface area is 142 Å². The van der Waals surface area contributed by atoms with Gasteiger partial charge in [0.05, 0.1) is 23.2 Å². The number of aromatic nitrogens is 1. The molecule has 1 aliphatic carbocycles. The summed E-state index contributed by atoms with van der Waals surface area (Å²) in [5.74, 6) is 0.682. The van der Waals surface area contributed by atoms with Crippen LogP contribution in [0.25, 0.3) is 10.9 Å². The normalized spacial score (nSPS) is 26.3.